The molecule has 0 saturated carbocycles. The second-order valence-corrected chi connectivity index (χ2v) is 8.21. The van der Waals surface area contributed by atoms with Crippen LogP contribution in [0.3, 0.4) is 0 Å². The first-order valence-electron chi connectivity index (χ1n) is 10.6. The number of rotatable bonds is 7. The topological polar surface area (TPSA) is 37.1 Å². The minimum atomic E-state index is -6.93. The molecule has 3 nitrogen and oxygen atoms in total. The highest BCUT2D eigenvalue weighted by atomic mass is 19.4. The van der Waals surface area contributed by atoms with Crippen molar-refractivity contribution in [2.45, 2.75) is 43.0 Å². The van der Waals surface area contributed by atoms with Crippen LogP contribution in [0.4, 0.5) is 61.5 Å². The maximum absolute atomic E-state index is 14.8. The molecule has 17 heteroatoms. The fraction of sp³-hybridized carbons (Fsp3) is 0.435. The smallest absolute Gasteiger partial charge is 0.293 e. The van der Waals surface area contributed by atoms with Gasteiger partial charge in [0.15, 0.2) is 0 Å². The monoisotopic (exact) mass is 601 g/mol. The van der Waals surface area contributed by atoms with E-state index in [4.69, 9.17) is 0 Å². The molecule has 0 aliphatic rings. The summed E-state index contributed by atoms with van der Waals surface area (Å²) in [4.78, 5) is 9.24. The van der Waals surface area contributed by atoms with Crippen molar-refractivity contribution < 1.29 is 61.5 Å². The van der Waals surface area contributed by atoms with E-state index < -0.39 is 58.6 Å². The third-order valence-corrected chi connectivity index (χ3v) is 5.78. The molecule has 0 aliphatic heterocycles. The van der Waals surface area contributed by atoms with Gasteiger partial charge in [-0.3, -0.25) is 15.0 Å². The van der Waals surface area contributed by atoms with Crippen molar-refractivity contribution in [3.63, 3.8) is 0 Å². The largest absolute Gasteiger partial charge is 0.460 e. The summed E-state index contributed by atoms with van der Waals surface area (Å²) in [7, 11) is 1.85. The Morgan fingerprint density at radius 2 is 0.900 bits per heavy atom. The van der Waals surface area contributed by atoms with E-state index in [1.165, 1.54) is 20.0 Å². The van der Waals surface area contributed by atoms with Gasteiger partial charge in [-0.15, -0.1) is 0 Å². The molecule has 0 spiro atoms. The molecular formula is C23H17F14N3. The summed E-state index contributed by atoms with van der Waals surface area (Å²) in [5, 5.41) is -0.618. The van der Waals surface area contributed by atoms with Gasteiger partial charge in [0, 0.05) is 38.0 Å². The zero-order chi connectivity index (χ0) is 31.3. The maximum Gasteiger partial charge on any atom is 0.460 e. The molecule has 40 heavy (non-hydrogen) atoms. The quantitative estimate of drug-likeness (QED) is 0.230. The Morgan fingerprint density at radius 1 is 0.525 bits per heavy atom. The second kappa shape index (κ2) is 10.3. The lowest BCUT2D eigenvalue weighted by atomic mass is 9.87. The summed E-state index contributed by atoms with van der Waals surface area (Å²) < 4.78 is 192. The van der Waals surface area contributed by atoms with Crippen molar-refractivity contribution in [3.8, 4) is 0 Å². The Morgan fingerprint density at radius 3 is 1.23 bits per heavy atom. The first-order valence-corrected chi connectivity index (χ1v) is 10.6. The Labute approximate surface area is 216 Å². The standard InChI is InChI=1S/C23H17F14N3/c1-10(38-2)11-5-6-12-8-14(16(39-3)18(24,25)20(28,29)22(32,33)34)15(9-13(12)7-11)17(40-4)19(26,27)21(30,31)23(35,36)37/h5-9H,1-4H3. The summed E-state index contributed by atoms with van der Waals surface area (Å²) in [6.07, 6.45) is -13.9. The molecule has 0 aliphatic carbocycles. The molecule has 0 atom stereocenters. The van der Waals surface area contributed by atoms with Gasteiger partial charge in [0.2, 0.25) is 0 Å². The highest BCUT2D eigenvalue weighted by Gasteiger charge is 2.76. The van der Waals surface area contributed by atoms with Crippen LogP contribution in [0.15, 0.2) is 45.3 Å². The third kappa shape index (κ3) is 5.13. The van der Waals surface area contributed by atoms with Gasteiger partial charge < -0.3 is 0 Å². The van der Waals surface area contributed by atoms with Crippen LogP contribution in [0.2, 0.25) is 0 Å². The lowest BCUT2D eigenvalue weighted by molar-refractivity contribution is -0.336. The van der Waals surface area contributed by atoms with E-state index in [1.54, 1.807) is 0 Å². The van der Waals surface area contributed by atoms with Crippen LogP contribution in [0.25, 0.3) is 10.8 Å². The van der Waals surface area contributed by atoms with E-state index in [-0.39, 0.29) is 36.1 Å². The molecule has 0 unspecified atom stereocenters. The summed E-state index contributed by atoms with van der Waals surface area (Å²) >= 11 is 0. The molecule has 0 saturated heterocycles. The molecule has 2 aromatic rings. The summed E-state index contributed by atoms with van der Waals surface area (Å²) in [5.74, 6) is -26.4. The SMILES string of the molecule is CN=C(C)c1ccc2cc(C(=NC)C(F)(F)C(F)(F)C(F)(F)F)c(C(=NC)C(F)(F)C(F)(F)C(F)(F)F)cc2c1. The summed E-state index contributed by atoms with van der Waals surface area (Å²) in [6.45, 7) is 1.44. The van der Waals surface area contributed by atoms with Crippen LogP contribution >= 0.6 is 0 Å². The molecule has 0 N–H and O–H groups in total. The van der Waals surface area contributed by atoms with E-state index in [1.807, 2.05) is 0 Å². The first-order chi connectivity index (χ1) is 17.9. The molecule has 222 valence electrons. The normalized spacial score (nSPS) is 15.7. The van der Waals surface area contributed by atoms with E-state index in [0.717, 1.165) is 12.1 Å². The Balaban J connectivity index is 3.11. The number of benzene rings is 2. The van der Waals surface area contributed by atoms with Gasteiger partial charge in [0.05, 0.1) is 0 Å². The van der Waals surface area contributed by atoms with Crippen molar-refractivity contribution in [1.82, 2.24) is 0 Å². The van der Waals surface area contributed by atoms with Crippen LogP contribution in [-0.2, 0) is 0 Å². The van der Waals surface area contributed by atoms with Crippen LogP contribution in [0.1, 0.15) is 23.6 Å². The van der Waals surface area contributed by atoms with Gasteiger partial charge in [0.1, 0.15) is 11.4 Å². The average molecular weight is 601 g/mol. The molecule has 0 fully saturated rings. The molecule has 0 aromatic heterocycles. The molecule has 0 amide bonds. The predicted octanol–water partition coefficient (Wildman–Crippen LogP) is 7.78. The van der Waals surface area contributed by atoms with Crippen molar-refractivity contribution in [3.05, 3.63) is 47.0 Å². The molecule has 0 radical (unpaired) electrons. The van der Waals surface area contributed by atoms with E-state index in [0.29, 0.717) is 12.1 Å². The van der Waals surface area contributed by atoms with Crippen LogP contribution in [0.5, 0.6) is 0 Å². The zero-order valence-electron chi connectivity index (χ0n) is 20.5. The number of alkyl halides is 14. The summed E-state index contributed by atoms with van der Waals surface area (Å²) in [6, 6.07) is 4.06. The number of hydrogen-bond donors (Lipinski definition) is 0. The highest BCUT2D eigenvalue weighted by Crippen LogP contribution is 2.51. The highest BCUT2D eigenvalue weighted by molar-refractivity contribution is 6.20. The minimum Gasteiger partial charge on any atom is -0.293 e. The van der Waals surface area contributed by atoms with E-state index in [9.17, 15) is 61.5 Å². The number of hydrogen-bond acceptors (Lipinski definition) is 3. The number of nitrogens with zero attached hydrogens (tertiary/aromatic N) is 3. The Bertz CT molecular complexity index is 1370. The number of halogens is 14. The third-order valence-electron chi connectivity index (χ3n) is 5.78. The van der Waals surface area contributed by atoms with Crippen LogP contribution in [0, 0.1) is 0 Å². The van der Waals surface area contributed by atoms with Crippen molar-refractivity contribution in [2.24, 2.45) is 15.0 Å². The molecule has 2 rings (SSSR count). The van der Waals surface area contributed by atoms with Gasteiger partial charge >= 0.3 is 36.0 Å². The van der Waals surface area contributed by atoms with Gasteiger partial charge in [-0.05, 0) is 41.5 Å². The molecule has 0 heterocycles. The van der Waals surface area contributed by atoms with Gasteiger partial charge in [-0.1, -0.05) is 12.1 Å². The lowest BCUT2D eigenvalue weighted by Crippen LogP contribution is -2.58. The Hall–Kier alpha value is -3.27. The van der Waals surface area contributed by atoms with Gasteiger partial charge in [-0.25, -0.2) is 0 Å². The van der Waals surface area contributed by atoms with E-state index in [2.05, 4.69) is 15.0 Å². The minimum absolute atomic E-state index is 0.217. The van der Waals surface area contributed by atoms with Crippen molar-refractivity contribution in [2.75, 3.05) is 21.1 Å². The van der Waals surface area contributed by atoms with Crippen molar-refractivity contribution in [1.29, 1.82) is 0 Å². The number of fused-ring (bicyclic) bond motifs is 1. The first kappa shape index (κ1) is 32.9. The molecule has 0 bridgehead atoms. The zero-order valence-corrected chi connectivity index (χ0v) is 20.5. The average Bonchev–Trinajstić information content (AvgIpc) is 2.82. The Kier molecular flexibility index (Phi) is 8.47. The van der Waals surface area contributed by atoms with Gasteiger partial charge in [0.25, 0.3) is 0 Å². The predicted molar refractivity (Wildman–Crippen MR) is 119 cm³/mol. The fourth-order valence-corrected chi connectivity index (χ4v) is 3.56. The number of aliphatic imine (C=N–C) groups is 3. The van der Waals surface area contributed by atoms with Crippen LogP contribution in [-0.4, -0.2) is 74.3 Å². The molecule has 2 aromatic carbocycles. The summed E-state index contributed by atoms with van der Waals surface area (Å²) in [5.41, 5.74) is -8.03. The lowest BCUT2D eigenvalue weighted by Gasteiger charge is -2.32. The fourth-order valence-electron chi connectivity index (χ4n) is 3.56. The maximum atomic E-state index is 14.8. The van der Waals surface area contributed by atoms with E-state index >= 15 is 0 Å². The van der Waals surface area contributed by atoms with Crippen molar-refractivity contribution >= 4 is 27.9 Å². The molecular weight excluding hydrogens is 584 g/mol. The second-order valence-electron chi connectivity index (χ2n) is 8.21. The van der Waals surface area contributed by atoms with Crippen LogP contribution < -0.4 is 0 Å². The van der Waals surface area contributed by atoms with Gasteiger partial charge in [-0.2, -0.15) is 61.5 Å².